The molecular weight excluding hydrogens is 532 g/mol. The zero-order chi connectivity index (χ0) is 28.7. The number of hydrogen-bond donors (Lipinski definition) is 1. The van der Waals surface area contributed by atoms with Crippen molar-refractivity contribution in [2.45, 2.75) is 21.0 Å². The summed E-state index contributed by atoms with van der Waals surface area (Å²) in [6.45, 7) is 2.33. The van der Waals surface area contributed by atoms with Crippen LogP contribution in [-0.2, 0) is 16.1 Å². The van der Waals surface area contributed by atoms with Gasteiger partial charge >= 0.3 is 5.97 Å². The fraction of sp³-hybridized carbons (Fsp3) is 0.105. The Labute approximate surface area is 252 Å². The van der Waals surface area contributed by atoms with Crippen molar-refractivity contribution in [1.29, 1.82) is 0 Å². The van der Waals surface area contributed by atoms with Gasteiger partial charge in [0, 0.05) is 22.4 Å². The average molecular weight is 567 g/mol. The van der Waals surface area contributed by atoms with E-state index in [1.807, 2.05) is 122 Å². The maximum atomic E-state index is 12.5. The standard InChI is InChI=1S/C37H30N2O3.CH4/c1-26-21-22-30(23-33(26)38-24-34(40)41-25-27-13-5-2-6-14-27)31-19-11-12-20-32(31)37-39-35(28-15-7-3-8-16-28)36(42-37)29-17-9-4-10-18-29;/h2-23,38H,24-25H2,1H3;1H4. The minimum absolute atomic E-state index is 0. The molecule has 5 nitrogen and oxygen atoms in total. The van der Waals surface area contributed by atoms with Gasteiger partial charge in [-0.15, -0.1) is 0 Å². The third-order valence-corrected chi connectivity index (χ3v) is 7.08. The van der Waals surface area contributed by atoms with Crippen LogP contribution in [-0.4, -0.2) is 17.5 Å². The fourth-order valence-corrected chi connectivity index (χ4v) is 4.87. The number of benzene rings is 5. The highest BCUT2D eigenvalue weighted by molar-refractivity contribution is 5.85. The van der Waals surface area contributed by atoms with Gasteiger partial charge in [-0.25, -0.2) is 4.98 Å². The number of hydrogen-bond acceptors (Lipinski definition) is 5. The van der Waals surface area contributed by atoms with Crippen LogP contribution < -0.4 is 5.32 Å². The van der Waals surface area contributed by atoms with Gasteiger partial charge in [-0.2, -0.15) is 0 Å². The van der Waals surface area contributed by atoms with Crippen molar-refractivity contribution in [3.8, 4) is 45.2 Å². The number of carbonyl (C=O) groups is 1. The number of ether oxygens (including phenoxy) is 1. The van der Waals surface area contributed by atoms with Gasteiger partial charge in [0.25, 0.3) is 0 Å². The number of aromatic nitrogens is 1. The Morgan fingerprint density at radius 1 is 0.721 bits per heavy atom. The predicted octanol–water partition coefficient (Wildman–Crippen LogP) is 9.44. The first-order chi connectivity index (χ1) is 20.7. The van der Waals surface area contributed by atoms with E-state index in [1.165, 1.54) is 0 Å². The van der Waals surface area contributed by atoms with Crippen LogP contribution in [0.1, 0.15) is 18.6 Å². The molecular formula is C38H34N2O3. The molecule has 0 amide bonds. The van der Waals surface area contributed by atoms with Gasteiger partial charge < -0.3 is 14.5 Å². The van der Waals surface area contributed by atoms with Gasteiger partial charge in [0.05, 0.1) is 0 Å². The normalized spacial score (nSPS) is 10.5. The lowest BCUT2D eigenvalue weighted by atomic mass is 9.97. The van der Waals surface area contributed by atoms with Crippen molar-refractivity contribution in [3.63, 3.8) is 0 Å². The minimum Gasteiger partial charge on any atom is -0.460 e. The molecule has 0 saturated heterocycles. The SMILES string of the molecule is C.Cc1ccc(-c2ccccc2-c2nc(-c3ccccc3)c(-c3ccccc3)o2)cc1NCC(=O)OCc1ccccc1. The van der Waals surface area contributed by atoms with Crippen molar-refractivity contribution >= 4 is 11.7 Å². The number of aryl methyl sites for hydroxylation is 1. The summed E-state index contributed by atoms with van der Waals surface area (Å²) >= 11 is 0. The highest BCUT2D eigenvalue weighted by Gasteiger charge is 2.20. The van der Waals surface area contributed by atoms with Crippen molar-refractivity contribution < 1.29 is 13.9 Å². The first-order valence-corrected chi connectivity index (χ1v) is 13.9. The van der Waals surface area contributed by atoms with E-state index in [0.29, 0.717) is 5.89 Å². The van der Waals surface area contributed by atoms with E-state index >= 15 is 0 Å². The van der Waals surface area contributed by atoms with Crippen molar-refractivity contribution in [3.05, 3.63) is 145 Å². The van der Waals surface area contributed by atoms with Gasteiger partial charge in [0.15, 0.2) is 5.76 Å². The van der Waals surface area contributed by atoms with Crippen molar-refractivity contribution in [2.75, 3.05) is 11.9 Å². The van der Waals surface area contributed by atoms with Crippen molar-refractivity contribution in [2.24, 2.45) is 0 Å². The van der Waals surface area contributed by atoms with E-state index in [1.54, 1.807) is 0 Å². The molecule has 43 heavy (non-hydrogen) atoms. The first-order valence-electron chi connectivity index (χ1n) is 13.9. The third kappa shape index (κ3) is 6.74. The Morgan fingerprint density at radius 3 is 2.02 bits per heavy atom. The molecule has 0 atom stereocenters. The number of rotatable bonds is 9. The lowest BCUT2D eigenvalue weighted by Gasteiger charge is -2.13. The van der Waals surface area contributed by atoms with Crippen LogP contribution in [0, 0.1) is 6.92 Å². The summed E-state index contributed by atoms with van der Waals surface area (Å²) in [6.07, 6.45) is 0. The maximum Gasteiger partial charge on any atom is 0.325 e. The Balaban J connectivity index is 0.00000368. The molecule has 0 aliphatic rings. The van der Waals surface area contributed by atoms with Gasteiger partial charge in [-0.1, -0.05) is 129 Å². The summed E-state index contributed by atoms with van der Waals surface area (Å²) in [5.41, 5.74) is 8.45. The first kappa shape index (κ1) is 29.1. The molecule has 0 bridgehead atoms. The number of esters is 1. The summed E-state index contributed by atoms with van der Waals surface area (Å²) < 4.78 is 12.0. The van der Waals surface area contributed by atoms with E-state index in [4.69, 9.17) is 14.1 Å². The van der Waals surface area contributed by atoms with Crippen LogP contribution in [0.4, 0.5) is 5.69 Å². The lowest BCUT2D eigenvalue weighted by Crippen LogP contribution is -2.17. The average Bonchev–Trinajstić information content (AvgIpc) is 3.50. The van der Waals surface area contributed by atoms with E-state index in [0.717, 1.165) is 56.1 Å². The molecule has 6 rings (SSSR count). The lowest BCUT2D eigenvalue weighted by molar-refractivity contribution is -0.142. The van der Waals surface area contributed by atoms with Gasteiger partial charge in [-0.3, -0.25) is 4.79 Å². The van der Waals surface area contributed by atoms with E-state index < -0.39 is 0 Å². The highest BCUT2D eigenvalue weighted by atomic mass is 16.5. The van der Waals surface area contributed by atoms with E-state index in [9.17, 15) is 4.79 Å². The quantitative estimate of drug-likeness (QED) is 0.177. The molecule has 214 valence electrons. The monoisotopic (exact) mass is 566 g/mol. The summed E-state index contributed by atoms with van der Waals surface area (Å²) in [4.78, 5) is 17.5. The molecule has 1 aromatic heterocycles. The number of nitrogens with zero attached hydrogens (tertiary/aromatic N) is 1. The van der Waals surface area contributed by atoms with Crippen LogP contribution in [0.2, 0.25) is 0 Å². The molecule has 1 N–H and O–H groups in total. The molecule has 0 saturated carbocycles. The van der Waals surface area contributed by atoms with Crippen LogP contribution in [0.3, 0.4) is 0 Å². The zero-order valence-corrected chi connectivity index (χ0v) is 23.3. The molecule has 5 aromatic carbocycles. The largest absolute Gasteiger partial charge is 0.460 e. The number of anilines is 1. The minimum atomic E-state index is -0.314. The van der Waals surface area contributed by atoms with Crippen LogP contribution in [0.25, 0.3) is 45.2 Å². The van der Waals surface area contributed by atoms with Crippen molar-refractivity contribution in [1.82, 2.24) is 4.98 Å². The second-order valence-electron chi connectivity index (χ2n) is 10.0. The summed E-state index contributed by atoms with van der Waals surface area (Å²) in [5.74, 6) is 0.959. The molecule has 0 aliphatic heterocycles. The smallest absolute Gasteiger partial charge is 0.325 e. The second kappa shape index (κ2) is 13.5. The summed E-state index contributed by atoms with van der Waals surface area (Å²) in [6, 6.07) is 44.1. The topological polar surface area (TPSA) is 64.4 Å². The molecule has 0 fully saturated rings. The molecule has 0 unspecified atom stereocenters. The number of nitrogens with one attached hydrogen (secondary N) is 1. The Bertz CT molecular complexity index is 1740. The molecule has 5 heteroatoms. The Morgan fingerprint density at radius 2 is 1.33 bits per heavy atom. The van der Waals surface area contributed by atoms with Gasteiger partial charge in [0.1, 0.15) is 18.8 Å². The van der Waals surface area contributed by atoms with Gasteiger partial charge in [-0.05, 0) is 41.3 Å². The Hall–Kier alpha value is -5.42. The molecule has 1 heterocycles. The Kier molecular flexibility index (Phi) is 9.13. The molecule has 6 aromatic rings. The fourth-order valence-electron chi connectivity index (χ4n) is 4.87. The van der Waals surface area contributed by atoms with E-state index in [2.05, 4.69) is 23.5 Å². The predicted molar refractivity (Wildman–Crippen MR) is 174 cm³/mol. The van der Waals surface area contributed by atoms with Crippen LogP contribution in [0.15, 0.2) is 138 Å². The second-order valence-corrected chi connectivity index (χ2v) is 10.0. The zero-order valence-electron chi connectivity index (χ0n) is 23.3. The third-order valence-electron chi connectivity index (χ3n) is 7.08. The maximum absolute atomic E-state index is 12.5. The molecule has 0 radical (unpaired) electrons. The summed E-state index contributed by atoms with van der Waals surface area (Å²) in [5, 5.41) is 3.26. The van der Waals surface area contributed by atoms with Crippen LogP contribution in [0.5, 0.6) is 0 Å². The number of carbonyl (C=O) groups excluding carboxylic acids is 1. The molecule has 0 spiro atoms. The van der Waals surface area contributed by atoms with Crippen LogP contribution >= 0.6 is 0 Å². The molecule has 0 aliphatic carbocycles. The summed E-state index contributed by atoms with van der Waals surface area (Å²) in [7, 11) is 0. The number of oxazole rings is 1. The van der Waals surface area contributed by atoms with E-state index in [-0.39, 0.29) is 26.5 Å². The van der Waals surface area contributed by atoms with Gasteiger partial charge in [0.2, 0.25) is 5.89 Å². The highest BCUT2D eigenvalue weighted by Crippen LogP contribution is 2.39.